The van der Waals surface area contributed by atoms with Gasteiger partial charge in [-0.25, -0.2) is 4.79 Å². The SMILES string of the molecule is CC(C)(CO)CCCCCCN(Cc1ccccc1)C(=O)OCc1ccccc1. The van der Waals surface area contributed by atoms with Gasteiger partial charge in [0.2, 0.25) is 0 Å². The standard InChI is InChI=1S/C25H35NO3/c1-25(2,21-27)17-11-3-4-12-18-26(19-22-13-7-5-8-14-22)24(28)29-20-23-15-9-6-10-16-23/h5-10,13-16,27H,3-4,11-12,17-21H2,1-2H3. The highest BCUT2D eigenvalue weighted by Crippen LogP contribution is 2.23. The zero-order chi connectivity index (χ0) is 21.0. The summed E-state index contributed by atoms with van der Waals surface area (Å²) in [6, 6.07) is 19.8. The van der Waals surface area contributed by atoms with Gasteiger partial charge in [0.15, 0.2) is 0 Å². The molecule has 0 radical (unpaired) electrons. The maximum Gasteiger partial charge on any atom is 0.410 e. The Morgan fingerprint density at radius 3 is 2.10 bits per heavy atom. The fraction of sp³-hybridized carbons (Fsp3) is 0.480. The van der Waals surface area contributed by atoms with Crippen LogP contribution >= 0.6 is 0 Å². The molecule has 0 aromatic heterocycles. The van der Waals surface area contributed by atoms with Crippen LogP contribution < -0.4 is 0 Å². The number of hydrogen-bond acceptors (Lipinski definition) is 3. The largest absolute Gasteiger partial charge is 0.445 e. The fourth-order valence-corrected chi connectivity index (χ4v) is 3.19. The van der Waals surface area contributed by atoms with Crippen molar-refractivity contribution in [1.29, 1.82) is 0 Å². The molecule has 0 saturated carbocycles. The van der Waals surface area contributed by atoms with E-state index in [1.165, 1.54) is 0 Å². The fourth-order valence-electron chi connectivity index (χ4n) is 3.19. The molecule has 0 saturated heterocycles. The van der Waals surface area contributed by atoms with Crippen molar-refractivity contribution in [3.63, 3.8) is 0 Å². The predicted octanol–water partition coefficient (Wildman–Crippen LogP) is 5.79. The summed E-state index contributed by atoms with van der Waals surface area (Å²) in [4.78, 5) is 14.5. The molecule has 0 unspecified atom stereocenters. The first-order valence-corrected chi connectivity index (χ1v) is 10.6. The van der Waals surface area contributed by atoms with E-state index in [2.05, 4.69) is 13.8 Å². The Kier molecular flexibility index (Phi) is 9.72. The van der Waals surface area contributed by atoms with E-state index in [9.17, 15) is 9.90 Å². The molecule has 2 aromatic rings. The van der Waals surface area contributed by atoms with Gasteiger partial charge in [-0.1, -0.05) is 93.8 Å². The van der Waals surface area contributed by atoms with E-state index in [0.717, 1.165) is 43.2 Å². The van der Waals surface area contributed by atoms with Crippen LogP contribution in [0.4, 0.5) is 4.79 Å². The van der Waals surface area contributed by atoms with Crippen molar-refractivity contribution in [2.24, 2.45) is 5.41 Å². The molecule has 158 valence electrons. The van der Waals surface area contributed by atoms with Gasteiger partial charge in [-0.05, 0) is 29.4 Å². The first-order valence-electron chi connectivity index (χ1n) is 10.6. The van der Waals surface area contributed by atoms with E-state index in [1.54, 1.807) is 4.90 Å². The van der Waals surface area contributed by atoms with Crippen LogP contribution in [-0.4, -0.2) is 29.3 Å². The molecule has 4 heteroatoms. The van der Waals surface area contributed by atoms with Gasteiger partial charge >= 0.3 is 6.09 Å². The second-order valence-electron chi connectivity index (χ2n) is 8.43. The van der Waals surface area contributed by atoms with Crippen LogP contribution in [0.2, 0.25) is 0 Å². The Hall–Kier alpha value is -2.33. The van der Waals surface area contributed by atoms with E-state index >= 15 is 0 Å². The average Bonchev–Trinajstić information content (AvgIpc) is 2.75. The van der Waals surface area contributed by atoms with Crippen LogP contribution in [0.25, 0.3) is 0 Å². The number of nitrogens with zero attached hydrogens (tertiary/aromatic N) is 1. The van der Waals surface area contributed by atoms with Crippen molar-refractivity contribution >= 4 is 6.09 Å². The summed E-state index contributed by atoms with van der Waals surface area (Å²) in [5.41, 5.74) is 2.10. The molecule has 0 aliphatic rings. The molecule has 2 rings (SSSR count). The normalized spacial score (nSPS) is 11.3. The van der Waals surface area contributed by atoms with Gasteiger partial charge in [0.1, 0.15) is 6.61 Å². The van der Waals surface area contributed by atoms with Crippen molar-refractivity contribution in [3.05, 3.63) is 71.8 Å². The first-order chi connectivity index (χ1) is 14.0. The third kappa shape index (κ3) is 9.14. The highest BCUT2D eigenvalue weighted by Gasteiger charge is 2.17. The Morgan fingerprint density at radius 1 is 0.897 bits per heavy atom. The molecule has 0 spiro atoms. The minimum absolute atomic E-state index is 0.000584. The van der Waals surface area contributed by atoms with E-state index in [-0.39, 0.29) is 18.1 Å². The molecule has 1 amide bonds. The first kappa shape index (κ1) is 23.0. The number of unbranched alkanes of at least 4 members (excludes halogenated alkanes) is 3. The average molecular weight is 398 g/mol. The highest BCUT2D eigenvalue weighted by molar-refractivity contribution is 5.67. The summed E-state index contributed by atoms with van der Waals surface area (Å²) >= 11 is 0. The van der Waals surface area contributed by atoms with Gasteiger partial charge < -0.3 is 14.7 Å². The quantitative estimate of drug-likeness (QED) is 0.461. The van der Waals surface area contributed by atoms with Gasteiger partial charge in [0, 0.05) is 19.7 Å². The lowest BCUT2D eigenvalue weighted by Gasteiger charge is -2.23. The monoisotopic (exact) mass is 397 g/mol. The Labute approximate surface area is 175 Å². The number of ether oxygens (including phenoxy) is 1. The Morgan fingerprint density at radius 2 is 1.48 bits per heavy atom. The van der Waals surface area contributed by atoms with Crippen LogP contribution in [0, 0.1) is 5.41 Å². The number of hydrogen-bond donors (Lipinski definition) is 1. The molecule has 4 nitrogen and oxygen atoms in total. The van der Waals surface area contributed by atoms with E-state index in [0.29, 0.717) is 19.7 Å². The molecule has 0 aliphatic carbocycles. The minimum atomic E-state index is -0.265. The number of carbonyl (C=O) groups excluding carboxylic acids is 1. The van der Waals surface area contributed by atoms with Crippen molar-refractivity contribution in [1.82, 2.24) is 4.90 Å². The zero-order valence-electron chi connectivity index (χ0n) is 17.8. The summed E-state index contributed by atoms with van der Waals surface area (Å²) in [7, 11) is 0. The van der Waals surface area contributed by atoms with Gasteiger partial charge in [-0.3, -0.25) is 0 Å². The third-order valence-corrected chi connectivity index (χ3v) is 5.14. The summed E-state index contributed by atoms with van der Waals surface area (Å²) in [5.74, 6) is 0. The van der Waals surface area contributed by atoms with Crippen LogP contribution in [-0.2, 0) is 17.9 Å². The summed E-state index contributed by atoms with van der Waals surface area (Å²) < 4.78 is 5.56. The minimum Gasteiger partial charge on any atom is -0.445 e. The maximum atomic E-state index is 12.7. The topological polar surface area (TPSA) is 49.8 Å². The van der Waals surface area contributed by atoms with Gasteiger partial charge in [-0.2, -0.15) is 0 Å². The molecule has 0 atom stereocenters. The molecule has 0 fully saturated rings. The predicted molar refractivity (Wildman–Crippen MR) is 117 cm³/mol. The van der Waals surface area contributed by atoms with Gasteiger partial charge in [-0.15, -0.1) is 0 Å². The number of carbonyl (C=O) groups is 1. The number of benzene rings is 2. The molecular weight excluding hydrogens is 362 g/mol. The number of aliphatic hydroxyl groups excluding tert-OH is 1. The number of amides is 1. The molecule has 2 aromatic carbocycles. The summed E-state index contributed by atoms with van der Waals surface area (Å²) in [6.45, 7) is 5.96. The third-order valence-electron chi connectivity index (χ3n) is 5.14. The van der Waals surface area contributed by atoms with Crippen molar-refractivity contribution in [3.8, 4) is 0 Å². The Bertz CT molecular complexity index is 701. The van der Waals surface area contributed by atoms with Crippen molar-refractivity contribution < 1.29 is 14.6 Å². The van der Waals surface area contributed by atoms with Crippen LogP contribution in [0.3, 0.4) is 0 Å². The van der Waals surface area contributed by atoms with E-state index in [4.69, 9.17) is 4.74 Å². The summed E-state index contributed by atoms with van der Waals surface area (Å²) in [6.07, 6.45) is 4.99. The maximum absolute atomic E-state index is 12.7. The number of rotatable bonds is 12. The van der Waals surface area contributed by atoms with Crippen LogP contribution in [0.1, 0.15) is 57.1 Å². The molecule has 0 heterocycles. The molecular formula is C25H35NO3. The number of aliphatic hydroxyl groups is 1. The lowest BCUT2D eigenvalue weighted by molar-refractivity contribution is 0.0928. The van der Waals surface area contributed by atoms with Crippen LogP contribution in [0.15, 0.2) is 60.7 Å². The lowest BCUT2D eigenvalue weighted by atomic mass is 9.88. The molecule has 29 heavy (non-hydrogen) atoms. The van der Waals surface area contributed by atoms with Crippen molar-refractivity contribution in [2.75, 3.05) is 13.2 Å². The molecule has 0 aliphatic heterocycles. The van der Waals surface area contributed by atoms with Gasteiger partial charge in [0.05, 0.1) is 0 Å². The van der Waals surface area contributed by atoms with E-state index < -0.39 is 0 Å². The van der Waals surface area contributed by atoms with Crippen LogP contribution in [0.5, 0.6) is 0 Å². The van der Waals surface area contributed by atoms with Gasteiger partial charge in [0.25, 0.3) is 0 Å². The Balaban J connectivity index is 1.81. The second kappa shape index (κ2) is 12.3. The summed E-state index contributed by atoms with van der Waals surface area (Å²) in [5, 5.41) is 9.35. The molecule has 1 N–H and O–H groups in total. The second-order valence-corrected chi connectivity index (χ2v) is 8.43. The highest BCUT2D eigenvalue weighted by atomic mass is 16.6. The smallest absolute Gasteiger partial charge is 0.410 e. The zero-order valence-corrected chi connectivity index (χ0v) is 17.8. The van der Waals surface area contributed by atoms with E-state index in [1.807, 2.05) is 60.7 Å². The lowest BCUT2D eigenvalue weighted by Crippen LogP contribution is -2.32. The van der Waals surface area contributed by atoms with Crippen molar-refractivity contribution in [2.45, 2.75) is 59.1 Å². The molecule has 0 bridgehead atoms.